The van der Waals surface area contributed by atoms with Gasteiger partial charge in [0, 0.05) is 0 Å². The van der Waals surface area contributed by atoms with Crippen LogP contribution in [0, 0.1) is 0 Å². The van der Waals surface area contributed by atoms with Crippen molar-refractivity contribution in [3.63, 3.8) is 0 Å². The molecule has 0 fully saturated rings. The summed E-state index contributed by atoms with van der Waals surface area (Å²) in [5, 5.41) is 7.59. The first kappa shape index (κ1) is 6.22. The molecule has 0 aromatic heterocycles. The van der Waals surface area contributed by atoms with Crippen LogP contribution >= 0.6 is 0 Å². The standard InChI is InChI=1S/CH3NO4S/c3-1(4)2-7(5)6/h7H,(H,3,4)(H,2,5,6). The highest BCUT2D eigenvalue weighted by atomic mass is 32.2. The van der Waals surface area contributed by atoms with Crippen molar-refractivity contribution in [2.24, 2.45) is 0 Å². The summed E-state index contributed by atoms with van der Waals surface area (Å²) in [7, 11) is -2.99. The average Bonchev–Trinajstić information content (AvgIpc) is 1.27. The van der Waals surface area contributed by atoms with Crippen LogP contribution in [0.4, 0.5) is 4.79 Å². The van der Waals surface area contributed by atoms with Crippen LogP contribution in [0.2, 0.25) is 0 Å². The van der Waals surface area contributed by atoms with Gasteiger partial charge < -0.3 is 5.11 Å². The summed E-state index contributed by atoms with van der Waals surface area (Å²) in [5.41, 5.74) is 0. The summed E-state index contributed by atoms with van der Waals surface area (Å²) in [4.78, 5) is 9.31. The predicted octanol–water partition coefficient (Wildman–Crippen LogP) is -1.22. The zero-order valence-corrected chi connectivity index (χ0v) is 4.01. The van der Waals surface area contributed by atoms with Crippen molar-refractivity contribution in [3.8, 4) is 0 Å². The normalized spacial score (nSPS) is 8.71. The number of amides is 1. The van der Waals surface area contributed by atoms with Gasteiger partial charge in [0.2, 0.25) is 10.9 Å². The van der Waals surface area contributed by atoms with E-state index in [4.69, 9.17) is 5.11 Å². The molecule has 0 unspecified atom stereocenters. The molecule has 42 valence electrons. The van der Waals surface area contributed by atoms with Crippen LogP contribution in [0.1, 0.15) is 0 Å². The van der Waals surface area contributed by atoms with E-state index in [0.717, 1.165) is 0 Å². The summed E-state index contributed by atoms with van der Waals surface area (Å²) >= 11 is 0. The lowest BCUT2D eigenvalue weighted by atomic mass is 11.3. The van der Waals surface area contributed by atoms with Crippen molar-refractivity contribution in [2.45, 2.75) is 0 Å². The monoisotopic (exact) mass is 125 g/mol. The molecule has 0 spiro atoms. The molecule has 7 heavy (non-hydrogen) atoms. The van der Waals surface area contributed by atoms with Gasteiger partial charge in [0.25, 0.3) is 0 Å². The van der Waals surface area contributed by atoms with Crippen molar-refractivity contribution in [1.29, 1.82) is 0 Å². The SMILES string of the molecule is O=C(O)N[SH](=O)=O. The van der Waals surface area contributed by atoms with Crippen LogP contribution in [0.25, 0.3) is 0 Å². The van der Waals surface area contributed by atoms with E-state index in [-0.39, 0.29) is 0 Å². The van der Waals surface area contributed by atoms with Gasteiger partial charge in [0.15, 0.2) is 0 Å². The number of rotatable bonds is 1. The Kier molecular flexibility index (Phi) is 2.14. The van der Waals surface area contributed by atoms with E-state index in [9.17, 15) is 13.2 Å². The zero-order valence-electron chi connectivity index (χ0n) is 3.12. The minimum absolute atomic E-state index is 1.18. The number of thiol groups is 1. The molecule has 5 nitrogen and oxygen atoms in total. The fourth-order valence-corrected chi connectivity index (χ4v) is 0.234. The Hall–Kier alpha value is -0.780. The number of hydrogen-bond donors (Lipinski definition) is 3. The lowest BCUT2D eigenvalue weighted by Gasteiger charge is -1.80. The van der Waals surface area contributed by atoms with Crippen molar-refractivity contribution in [3.05, 3.63) is 0 Å². The smallest absolute Gasteiger partial charge is 0.418 e. The molecule has 6 heteroatoms. The van der Waals surface area contributed by atoms with Gasteiger partial charge in [0.05, 0.1) is 0 Å². The van der Waals surface area contributed by atoms with Crippen LogP contribution in [-0.2, 0) is 10.9 Å². The predicted molar refractivity (Wildman–Crippen MR) is 21.5 cm³/mol. The third-order valence-corrected chi connectivity index (χ3v) is 0.561. The molecule has 0 aliphatic rings. The maximum absolute atomic E-state index is 9.35. The largest absolute Gasteiger partial charge is 0.464 e. The Labute approximate surface area is 41.0 Å². The van der Waals surface area contributed by atoms with E-state index in [0.29, 0.717) is 0 Å². The summed E-state index contributed by atoms with van der Waals surface area (Å²) in [6.45, 7) is 0. The molecule has 0 atom stereocenters. The second kappa shape index (κ2) is 2.40. The van der Waals surface area contributed by atoms with Gasteiger partial charge in [-0.2, -0.15) is 0 Å². The highest BCUT2D eigenvalue weighted by molar-refractivity contribution is 7.70. The second-order valence-electron chi connectivity index (χ2n) is 0.674. The molecule has 2 N–H and O–H groups in total. The van der Waals surface area contributed by atoms with Gasteiger partial charge in [-0.05, 0) is 0 Å². The average molecular weight is 125 g/mol. The van der Waals surface area contributed by atoms with Crippen molar-refractivity contribution < 1.29 is 18.3 Å². The van der Waals surface area contributed by atoms with Gasteiger partial charge in [0.1, 0.15) is 0 Å². The maximum Gasteiger partial charge on any atom is 0.418 e. The first-order chi connectivity index (χ1) is 3.13. The molecule has 0 aromatic rings. The molecule has 0 radical (unpaired) electrons. The lowest BCUT2D eigenvalue weighted by Crippen LogP contribution is -2.17. The fourth-order valence-electron chi connectivity index (χ4n) is 0.0781. The molecular formula is CH3NO4S. The Morgan fingerprint density at radius 2 is 2.00 bits per heavy atom. The summed E-state index contributed by atoms with van der Waals surface area (Å²) in [6, 6.07) is 0. The van der Waals surface area contributed by atoms with E-state index < -0.39 is 17.0 Å². The third-order valence-electron chi connectivity index (χ3n) is 0.187. The van der Waals surface area contributed by atoms with Gasteiger partial charge in [-0.3, -0.25) is 0 Å². The van der Waals surface area contributed by atoms with Gasteiger partial charge in [-0.1, -0.05) is 0 Å². The van der Waals surface area contributed by atoms with Crippen molar-refractivity contribution in [1.82, 2.24) is 4.72 Å². The maximum atomic E-state index is 9.35. The Balaban J connectivity index is 3.53. The Bertz CT molecular complexity index is 129. The minimum atomic E-state index is -2.99. The van der Waals surface area contributed by atoms with Crippen LogP contribution in [0.5, 0.6) is 0 Å². The summed E-state index contributed by atoms with van der Waals surface area (Å²) in [5.74, 6) is 0. The van der Waals surface area contributed by atoms with E-state index in [1.54, 1.807) is 0 Å². The van der Waals surface area contributed by atoms with Gasteiger partial charge >= 0.3 is 6.09 Å². The Morgan fingerprint density at radius 3 is 2.00 bits per heavy atom. The summed E-state index contributed by atoms with van der Waals surface area (Å²) < 4.78 is 19.9. The molecule has 0 rings (SSSR count). The van der Waals surface area contributed by atoms with Crippen LogP contribution in [-0.4, -0.2) is 19.6 Å². The number of carboxylic acid groups (broad SMARTS) is 1. The molecule has 0 heterocycles. The molecule has 0 aliphatic heterocycles. The molecule has 0 saturated heterocycles. The van der Waals surface area contributed by atoms with E-state index >= 15 is 0 Å². The first-order valence-corrected chi connectivity index (χ1v) is 2.44. The van der Waals surface area contributed by atoms with E-state index in [2.05, 4.69) is 0 Å². The molecule has 0 aliphatic carbocycles. The lowest BCUT2D eigenvalue weighted by molar-refractivity contribution is 0.201. The number of carbonyl (C=O) groups is 1. The van der Waals surface area contributed by atoms with Crippen LogP contribution < -0.4 is 4.72 Å². The fraction of sp³-hybridized carbons (Fsp3) is 0. The molecule has 1 amide bonds. The van der Waals surface area contributed by atoms with Gasteiger partial charge in [-0.25, -0.2) is 17.9 Å². The Morgan fingerprint density at radius 1 is 1.57 bits per heavy atom. The minimum Gasteiger partial charge on any atom is -0.464 e. The quantitative estimate of drug-likeness (QED) is 0.383. The molecule has 0 bridgehead atoms. The number of nitrogens with one attached hydrogen (secondary N) is 1. The second-order valence-corrected chi connectivity index (χ2v) is 1.41. The first-order valence-electron chi connectivity index (χ1n) is 1.27. The topological polar surface area (TPSA) is 83.5 Å². The van der Waals surface area contributed by atoms with E-state index in [1.165, 1.54) is 4.72 Å². The van der Waals surface area contributed by atoms with Crippen molar-refractivity contribution >= 4 is 17.0 Å². The van der Waals surface area contributed by atoms with Crippen LogP contribution in [0.3, 0.4) is 0 Å². The highest BCUT2D eigenvalue weighted by Crippen LogP contribution is 1.54. The van der Waals surface area contributed by atoms with Crippen LogP contribution in [0.15, 0.2) is 0 Å². The highest BCUT2D eigenvalue weighted by Gasteiger charge is 1.88. The van der Waals surface area contributed by atoms with E-state index in [1.807, 2.05) is 0 Å². The molecule has 0 saturated carbocycles. The van der Waals surface area contributed by atoms with Gasteiger partial charge in [-0.15, -0.1) is 0 Å². The molecular weight excluding hydrogens is 122 g/mol. The molecule has 0 aromatic carbocycles. The van der Waals surface area contributed by atoms with Crippen molar-refractivity contribution in [2.75, 3.05) is 0 Å². The summed E-state index contributed by atoms with van der Waals surface area (Å²) in [6.07, 6.45) is -1.56. The third kappa shape index (κ3) is 5.22. The zero-order chi connectivity index (χ0) is 5.86. The number of hydrogen-bond acceptors (Lipinski definition) is 3.